The van der Waals surface area contributed by atoms with Crippen molar-refractivity contribution in [3.8, 4) is 11.5 Å². The molecule has 7 heteroatoms. The molecule has 0 radical (unpaired) electrons. The lowest BCUT2D eigenvalue weighted by molar-refractivity contribution is 0.793. The van der Waals surface area contributed by atoms with Gasteiger partial charge in [-0.25, -0.2) is 9.67 Å². The van der Waals surface area contributed by atoms with Gasteiger partial charge in [-0.1, -0.05) is 16.8 Å². The van der Waals surface area contributed by atoms with E-state index in [1.165, 1.54) is 12.8 Å². The summed E-state index contributed by atoms with van der Waals surface area (Å²) in [4.78, 5) is 4.41. The molecular weight excluding hydrogens is 288 g/mol. The van der Waals surface area contributed by atoms with Gasteiger partial charge >= 0.3 is 0 Å². The summed E-state index contributed by atoms with van der Waals surface area (Å²) in [6.07, 6.45) is 7.96. The lowest BCUT2D eigenvalue weighted by atomic mass is 10.3. The van der Waals surface area contributed by atoms with Crippen molar-refractivity contribution in [1.29, 1.82) is 0 Å². The Labute approximate surface area is 126 Å². The Hall–Kier alpha value is -2.34. The average molecular weight is 301 g/mol. The molecule has 1 fully saturated rings. The third-order valence-electron chi connectivity index (χ3n) is 3.59. The zero-order valence-electron chi connectivity index (χ0n) is 11.1. The number of aromatic nitrogens is 5. The molecule has 1 aliphatic carbocycles. The van der Waals surface area contributed by atoms with E-state index in [0.717, 1.165) is 17.3 Å². The van der Waals surface area contributed by atoms with E-state index in [2.05, 4.69) is 15.3 Å². The molecule has 1 aliphatic rings. The van der Waals surface area contributed by atoms with Crippen molar-refractivity contribution < 1.29 is 0 Å². The minimum absolute atomic E-state index is 0.505. The summed E-state index contributed by atoms with van der Waals surface area (Å²) in [6, 6.07) is 5.38. The monoisotopic (exact) mass is 300 g/mol. The second-order valence-corrected chi connectivity index (χ2v) is 5.56. The Kier molecular flexibility index (Phi) is 2.71. The quantitative estimate of drug-likeness (QED) is 0.754. The van der Waals surface area contributed by atoms with E-state index in [9.17, 15) is 0 Å². The van der Waals surface area contributed by atoms with Crippen LogP contribution < -0.4 is 5.73 Å². The van der Waals surface area contributed by atoms with Gasteiger partial charge in [0.05, 0.1) is 22.6 Å². The lowest BCUT2D eigenvalue weighted by Gasteiger charge is -2.03. The summed E-state index contributed by atoms with van der Waals surface area (Å²) in [5, 5.41) is 8.88. The van der Waals surface area contributed by atoms with Crippen LogP contribution in [0.1, 0.15) is 24.6 Å². The van der Waals surface area contributed by atoms with Crippen LogP contribution >= 0.6 is 11.6 Å². The zero-order chi connectivity index (χ0) is 14.4. The smallest absolute Gasteiger partial charge is 0.181 e. The summed E-state index contributed by atoms with van der Waals surface area (Å²) in [7, 11) is 0. The SMILES string of the molecule is Nc1ccc(-n2cc(-n3ccnc3C3CC3)nn2)cc1Cl. The van der Waals surface area contributed by atoms with Gasteiger partial charge in [-0.3, -0.25) is 4.57 Å². The summed E-state index contributed by atoms with van der Waals surface area (Å²) < 4.78 is 3.66. The molecule has 1 aromatic carbocycles. The zero-order valence-corrected chi connectivity index (χ0v) is 11.9. The molecule has 0 aliphatic heterocycles. The number of imidazole rings is 1. The summed E-state index contributed by atoms with van der Waals surface area (Å²) in [5.41, 5.74) is 7.09. The lowest BCUT2D eigenvalue weighted by Crippen LogP contribution is -1.99. The normalized spacial score (nSPS) is 14.5. The third kappa shape index (κ3) is 2.17. The Morgan fingerprint density at radius 3 is 2.90 bits per heavy atom. The van der Waals surface area contributed by atoms with Gasteiger partial charge in [-0.2, -0.15) is 0 Å². The molecule has 2 aromatic heterocycles. The van der Waals surface area contributed by atoms with Gasteiger partial charge in [0.15, 0.2) is 5.82 Å². The molecule has 1 saturated carbocycles. The molecule has 0 amide bonds. The predicted octanol–water partition coefficient (Wildman–Crippen LogP) is 2.57. The third-order valence-corrected chi connectivity index (χ3v) is 3.92. The Morgan fingerprint density at radius 2 is 2.14 bits per heavy atom. The summed E-state index contributed by atoms with van der Waals surface area (Å²) in [5.74, 6) is 2.36. The molecule has 3 aromatic rings. The Morgan fingerprint density at radius 1 is 1.29 bits per heavy atom. The van der Waals surface area contributed by atoms with Crippen molar-refractivity contribution in [2.45, 2.75) is 18.8 Å². The van der Waals surface area contributed by atoms with Crippen molar-refractivity contribution in [3.05, 3.63) is 47.6 Å². The van der Waals surface area contributed by atoms with Crippen LogP contribution in [-0.2, 0) is 0 Å². The number of benzene rings is 1. The standard InChI is InChI=1S/C14H13ClN6/c15-11-7-10(3-4-12(11)16)21-8-13(18-19-21)20-6-5-17-14(20)9-1-2-9/h3-9H,1-2,16H2. The molecule has 2 N–H and O–H groups in total. The highest BCUT2D eigenvalue weighted by molar-refractivity contribution is 6.33. The van der Waals surface area contributed by atoms with Crippen LogP contribution in [0.5, 0.6) is 0 Å². The highest BCUT2D eigenvalue weighted by Crippen LogP contribution is 2.39. The summed E-state index contributed by atoms with van der Waals surface area (Å²) in [6.45, 7) is 0. The van der Waals surface area contributed by atoms with E-state index in [1.54, 1.807) is 23.0 Å². The molecule has 106 valence electrons. The number of hydrogen-bond acceptors (Lipinski definition) is 4. The molecule has 0 spiro atoms. The molecule has 4 rings (SSSR count). The van der Waals surface area contributed by atoms with Crippen molar-refractivity contribution in [3.63, 3.8) is 0 Å². The molecule has 2 heterocycles. The van der Waals surface area contributed by atoms with Crippen molar-refractivity contribution in [2.24, 2.45) is 0 Å². The van der Waals surface area contributed by atoms with Crippen LogP contribution in [0.3, 0.4) is 0 Å². The van der Waals surface area contributed by atoms with E-state index in [0.29, 0.717) is 16.6 Å². The second kappa shape index (κ2) is 4.60. The first-order chi connectivity index (χ1) is 10.2. The van der Waals surface area contributed by atoms with E-state index >= 15 is 0 Å². The first kappa shape index (κ1) is 12.4. The van der Waals surface area contributed by atoms with E-state index in [4.69, 9.17) is 17.3 Å². The van der Waals surface area contributed by atoms with Gasteiger partial charge in [0.25, 0.3) is 0 Å². The van der Waals surface area contributed by atoms with Crippen LogP contribution in [-0.4, -0.2) is 24.5 Å². The van der Waals surface area contributed by atoms with Gasteiger partial charge in [-0.15, -0.1) is 5.10 Å². The first-order valence-electron chi connectivity index (χ1n) is 6.74. The van der Waals surface area contributed by atoms with E-state index in [-0.39, 0.29) is 0 Å². The Balaban J connectivity index is 1.72. The average Bonchev–Trinajstić information content (AvgIpc) is 3.02. The fourth-order valence-corrected chi connectivity index (χ4v) is 2.48. The van der Waals surface area contributed by atoms with Gasteiger partial charge in [0.2, 0.25) is 0 Å². The van der Waals surface area contributed by atoms with Gasteiger partial charge in [-0.05, 0) is 31.0 Å². The first-order valence-corrected chi connectivity index (χ1v) is 7.11. The molecule has 21 heavy (non-hydrogen) atoms. The molecule has 0 bridgehead atoms. The highest BCUT2D eigenvalue weighted by atomic mass is 35.5. The maximum Gasteiger partial charge on any atom is 0.181 e. The van der Waals surface area contributed by atoms with E-state index in [1.807, 2.05) is 23.0 Å². The van der Waals surface area contributed by atoms with Gasteiger partial charge in [0, 0.05) is 18.3 Å². The summed E-state index contributed by atoms with van der Waals surface area (Å²) >= 11 is 6.04. The second-order valence-electron chi connectivity index (χ2n) is 5.16. The minimum Gasteiger partial charge on any atom is -0.398 e. The van der Waals surface area contributed by atoms with Crippen LogP contribution in [0.15, 0.2) is 36.8 Å². The number of rotatable bonds is 3. The number of nitrogen functional groups attached to an aromatic ring is 1. The van der Waals surface area contributed by atoms with Crippen LogP contribution in [0, 0.1) is 0 Å². The molecule has 0 atom stereocenters. The molecule has 6 nitrogen and oxygen atoms in total. The number of hydrogen-bond donors (Lipinski definition) is 1. The Bertz CT molecular complexity index is 801. The van der Waals surface area contributed by atoms with Crippen molar-refractivity contribution >= 4 is 17.3 Å². The number of halogens is 1. The van der Waals surface area contributed by atoms with Gasteiger partial charge in [0.1, 0.15) is 5.82 Å². The van der Waals surface area contributed by atoms with Gasteiger partial charge < -0.3 is 5.73 Å². The maximum absolute atomic E-state index is 6.04. The van der Waals surface area contributed by atoms with E-state index < -0.39 is 0 Å². The highest BCUT2D eigenvalue weighted by Gasteiger charge is 2.28. The molecular formula is C14H13ClN6. The van der Waals surface area contributed by atoms with Crippen molar-refractivity contribution in [1.82, 2.24) is 24.5 Å². The number of nitrogens with two attached hydrogens (primary N) is 1. The van der Waals surface area contributed by atoms with Crippen LogP contribution in [0.2, 0.25) is 5.02 Å². The predicted molar refractivity (Wildman–Crippen MR) is 79.9 cm³/mol. The minimum atomic E-state index is 0.505. The fraction of sp³-hybridized carbons (Fsp3) is 0.214. The topological polar surface area (TPSA) is 74.5 Å². The number of anilines is 1. The van der Waals surface area contributed by atoms with Crippen molar-refractivity contribution in [2.75, 3.05) is 5.73 Å². The van der Waals surface area contributed by atoms with Crippen LogP contribution in [0.4, 0.5) is 5.69 Å². The maximum atomic E-state index is 6.04. The molecule has 0 saturated heterocycles. The largest absolute Gasteiger partial charge is 0.398 e. The van der Waals surface area contributed by atoms with Crippen LogP contribution in [0.25, 0.3) is 11.5 Å². The fourth-order valence-electron chi connectivity index (χ4n) is 2.30. The molecule has 0 unspecified atom stereocenters. The number of nitrogens with zero attached hydrogens (tertiary/aromatic N) is 5.